The van der Waals surface area contributed by atoms with Crippen LogP contribution in [0, 0.1) is 11.8 Å². The third-order valence-electron chi connectivity index (χ3n) is 6.07. The van der Waals surface area contributed by atoms with Gasteiger partial charge in [-0.25, -0.2) is 9.59 Å². The highest BCUT2D eigenvalue weighted by Crippen LogP contribution is 2.52. The minimum Gasteiger partial charge on any atom is -0.444 e. The molecule has 1 saturated heterocycles. The Morgan fingerprint density at radius 2 is 1.56 bits per heavy atom. The van der Waals surface area contributed by atoms with Crippen LogP contribution in [0.4, 0.5) is 9.59 Å². The molecule has 2 atom stereocenters. The van der Waals surface area contributed by atoms with Gasteiger partial charge in [-0.3, -0.25) is 0 Å². The van der Waals surface area contributed by atoms with Crippen LogP contribution in [0.25, 0.3) is 0 Å². The summed E-state index contributed by atoms with van der Waals surface area (Å²) in [7, 11) is 1.73. The van der Waals surface area contributed by atoms with E-state index < -0.39 is 23.0 Å². The zero-order valence-corrected chi connectivity index (χ0v) is 20.4. The van der Waals surface area contributed by atoms with E-state index in [9.17, 15) is 9.59 Å². The molecule has 178 valence electrons. The van der Waals surface area contributed by atoms with Gasteiger partial charge in [0.15, 0.2) is 0 Å². The van der Waals surface area contributed by atoms with Gasteiger partial charge in [0, 0.05) is 32.0 Å². The highest BCUT2D eigenvalue weighted by Gasteiger charge is 2.54. The van der Waals surface area contributed by atoms with Gasteiger partial charge in [-0.1, -0.05) is 18.6 Å². The van der Waals surface area contributed by atoms with E-state index in [-0.39, 0.29) is 17.9 Å². The molecule has 2 bridgehead atoms. The minimum atomic E-state index is -0.735. The molecule has 7 nitrogen and oxygen atoms in total. The number of benzene rings is 1. The van der Waals surface area contributed by atoms with Gasteiger partial charge < -0.3 is 23.8 Å². The Balaban J connectivity index is 1.85. The Kier molecular flexibility index (Phi) is 6.80. The first kappa shape index (κ1) is 24.4. The molecule has 32 heavy (non-hydrogen) atoms. The zero-order valence-electron chi connectivity index (χ0n) is 20.4. The highest BCUT2D eigenvalue weighted by molar-refractivity contribution is 5.68. The number of likely N-dealkylation sites (tertiary alicyclic amines) is 1. The van der Waals surface area contributed by atoms with E-state index in [1.807, 2.05) is 43.9 Å². The summed E-state index contributed by atoms with van der Waals surface area (Å²) in [5.74, 6) is 0.648. The van der Waals surface area contributed by atoms with Crippen LogP contribution in [0.1, 0.15) is 66.4 Å². The number of fused-ring (bicyclic) bond motifs is 2. The predicted octanol–water partition coefficient (Wildman–Crippen LogP) is 5.51. The summed E-state index contributed by atoms with van der Waals surface area (Å²) in [6.07, 6.45) is 1.97. The number of rotatable bonds is 3. The Bertz CT molecular complexity index is 824. The van der Waals surface area contributed by atoms with Crippen molar-refractivity contribution < 1.29 is 28.5 Å². The maximum Gasteiger partial charge on any atom is 0.514 e. The molecule has 0 N–H and O–H groups in total. The molecule has 3 rings (SSSR count). The normalized spacial score (nSPS) is 25.8. The van der Waals surface area contributed by atoms with Crippen molar-refractivity contribution in [1.29, 1.82) is 0 Å². The van der Waals surface area contributed by atoms with E-state index in [1.165, 1.54) is 0 Å². The zero-order chi connectivity index (χ0) is 23.7. The second kappa shape index (κ2) is 8.93. The fourth-order valence-electron chi connectivity index (χ4n) is 5.00. The van der Waals surface area contributed by atoms with Crippen molar-refractivity contribution in [3.63, 3.8) is 0 Å². The number of ether oxygens (including phenoxy) is 4. The van der Waals surface area contributed by atoms with Crippen LogP contribution in [0.5, 0.6) is 5.75 Å². The average Bonchev–Trinajstić information content (AvgIpc) is 2.64. The van der Waals surface area contributed by atoms with E-state index in [0.29, 0.717) is 18.8 Å². The Labute approximate surface area is 191 Å². The first-order valence-electron chi connectivity index (χ1n) is 11.4. The fraction of sp³-hybridized carbons (Fsp3) is 0.680. The van der Waals surface area contributed by atoms with Crippen molar-refractivity contribution in [2.45, 2.75) is 77.6 Å². The number of methoxy groups -OCH3 is 1. The van der Waals surface area contributed by atoms with Gasteiger partial charge in [0.1, 0.15) is 22.6 Å². The van der Waals surface area contributed by atoms with E-state index in [4.69, 9.17) is 18.9 Å². The molecule has 1 aliphatic heterocycles. The number of hydrogen-bond donors (Lipinski definition) is 0. The van der Waals surface area contributed by atoms with Crippen molar-refractivity contribution in [2.75, 3.05) is 20.2 Å². The van der Waals surface area contributed by atoms with Crippen molar-refractivity contribution >= 4 is 12.2 Å². The first-order valence-corrected chi connectivity index (χ1v) is 11.4. The van der Waals surface area contributed by atoms with E-state index >= 15 is 0 Å². The topological polar surface area (TPSA) is 74.3 Å². The number of hydrogen-bond acceptors (Lipinski definition) is 6. The van der Waals surface area contributed by atoms with Crippen LogP contribution in [0.2, 0.25) is 0 Å². The van der Waals surface area contributed by atoms with Gasteiger partial charge in [0.2, 0.25) is 0 Å². The van der Waals surface area contributed by atoms with Crippen molar-refractivity contribution in [2.24, 2.45) is 11.8 Å². The highest BCUT2D eigenvalue weighted by atomic mass is 16.7. The number of nitrogens with zero attached hydrogens (tertiary/aromatic N) is 1. The van der Waals surface area contributed by atoms with Gasteiger partial charge in [-0.05, 0) is 72.1 Å². The van der Waals surface area contributed by atoms with Crippen molar-refractivity contribution in [3.8, 4) is 5.75 Å². The molecule has 2 unspecified atom stereocenters. The summed E-state index contributed by atoms with van der Waals surface area (Å²) in [6.45, 7) is 12.2. The molecule has 7 heteroatoms. The number of carbonyl (C=O) groups excluding carboxylic acids is 2. The lowest BCUT2D eigenvalue weighted by Gasteiger charge is -2.55. The maximum absolute atomic E-state index is 12.8. The summed E-state index contributed by atoms with van der Waals surface area (Å²) in [6, 6.07) is 7.48. The minimum absolute atomic E-state index is 0.115. The number of amides is 1. The molecule has 1 aromatic carbocycles. The Morgan fingerprint density at radius 3 is 2.09 bits per heavy atom. The third kappa shape index (κ3) is 5.37. The molecule has 2 aliphatic rings. The van der Waals surface area contributed by atoms with Crippen LogP contribution in [0.3, 0.4) is 0 Å². The van der Waals surface area contributed by atoms with Gasteiger partial charge in [-0.15, -0.1) is 0 Å². The number of carbonyl (C=O) groups is 2. The fourth-order valence-corrected chi connectivity index (χ4v) is 5.00. The van der Waals surface area contributed by atoms with Crippen LogP contribution in [0.15, 0.2) is 24.3 Å². The first-order chi connectivity index (χ1) is 14.8. The molecule has 1 aromatic rings. The van der Waals surface area contributed by atoms with E-state index in [0.717, 1.165) is 24.8 Å². The second-order valence-electron chi connectivity index (χ2n) is 10.8. The second-order valence-corrected chi connectivity index (χ2v) is 10.8. The Morgan fingerprint density at radius 1 is 0.969 bits per heavy atom. The van der Waals surface area contributed by atoms with E-state index in [2.05, 4.69) is 0 Å². The molecule has 1 amide bonds. The maximum atomic E-state index is 12.8. The standard InChI is InChI=1S/C25H37NO6/c1-23(2,3)31-21(27)26-15-18-11-8-12-19(16-26)25(18,29-7)17-10-9-13-20(14-17)30-22(28)32-24(4,5)6/h9-10,13-14,18-19H,8,11-12,15-16H2,1-7H3. The van der Waals surface area contributed by atoms with Gasteiger partial charge >= 0.3 is 12.2 Å². The molecular weight excluding hydrogens is 410 g/mol. The number of piperidine rings is 1. The van der Waals surface area contributed by atoms with Gasteiger partial charge in [-0.2, -0.15) is 0 Å². The van der Waals surface area contributed by atoms with Crippen LogP contribution in [-0.4, -0.2) is 48.5 Å². The summed E-state index contributed by atoms with van der Waals surface area (Å²) < 4.78 is 22.6. The van der Waals surface area contributed by atoms with Crippen LogP contribution < -0.4 is 4.74 Å². The van der Waals surface area contributed by atoms with Crippen molar-refractivity contribution in [1.82, 2.24) is 4.90 Å². The molecule has 0 spiro atoms. The SMILES string of the molecule is COC1(c2cccc(OC(=O)OC(C)(C)C)c2)C2CCCC1CN(C(=O)OC(C)(C)C)C2. The lowest BCUT2D eigenvalue weighted by atomic mass is 9.62. The summed E-state index contributed by atoms with van der Waals surface area (Å²) in [4.78, 5) is 26.7. The average molecular weight is 448 g/mol. The molecule has 1 saturated carbocycles. The van der Waals surface area contributed by atoms with Gasteiger partial charge in [0.05, 0.1) is 0 Å². The summed E-state index contributed by atoms with van der Waals surface area (Å²) >= 11 is 0. The predicted molar refractivity (Wildman–Crippen MR) is 121 cm³/mol. The van der Waals surface area contributed by atoms with E-state index in [1.54, 1.807) is 33.9 Å². The van der Waals surface area contributed by atoms with Crippen molar-refractivity contribution in [3.05, 3.63) is 29.8 Å². The molecule has 2 fully saturated rings. The summed E-state index contributed by atoms with van der Waals surface area (Å²) in [5.41, 5.74) is -0.757. The molecule has 0 aromatic heterocycles. The molecular formula is C25H37NO6. The Hall–Kier alpha value is -2.28. The molecule has 1 heterocycles. The largest absolute Gasteiger partial charge is 0.514 e. The van der Waals surface area contributed by atoms with Gasteiger partial charge in [0.25, 0.3) is 0 Å². The molecule has 1 aliphatic carbocycles. The monoisotopic (exact) mass is 447 g/mol. The third-order valence-corrected chi connectivity index (χ3v) is 6.07. The van der Waals surface area contributed by atoms with Crippen LogP contribution in [-0.2, 0) is 19.8 Å². The van der Waals surface area contributed by atoms with Crippen LogP contribution >= 0.6 is 0 Å². The lowest BCUT2D eigenvalue weighted by molar-refractivity contribution is -0.166. The quantitative estimate of drug-likeness (QED) is 0.449. The smallest absolute Gasteiger partial charge is 0.444 e. The lowest BCUT2D eigenvalue weighted by Crippen LogP contribution is -2.60. The molecule has 0 radical (unpaired) electrons. The summed E-state index contributed by atoms with van der Waals surface area (Å²) in [5, 5.41) is 0.